The second-order valence-corrected chi connectivity index (χ2v) is 5.87. The van der Waals surface area contributed by atoms with Crippen LogP contribution in [0.2, 0.25) is 0 Å². The number of hydrogen-bond acceptors (Lipinski definition) is 5. The summed E-state index contributed by atoms with van der Waals surface area (Å²) in [6.45, 7) is 2.09. The largest absolute Gasteiger partial charge is 0.458 e. The number of rotatable bonds is 4. The number of aryl methyl sites for hydroxylation is 1. The number of aromatic amines is 1. The predicted octanol–water partition coefficient (Wildman–Crippen LogP) is 1.84. The Hall–Kier alpha value is -3.68. The maximum Gasteiger partial charge on any atom is 0.328 e. The first-order valence-corrected chi connectivity index (χ1v) is 7.94. The summed E-state index contributed by atoms with van der Waals surface area (Å²) in [5.41, 5.74) is 6.44. The Kier molecular flexibility index (Phi) is 3.65. The van der Waals surface area contributed by atoms with Crippen molar-refractivity contribution in [3.8, 4) is 11.6 Å². The molecular formula is C18H15N5O3. The number of nitrogens with zero attached hydrogens (tertiary/aromatic N) is 3. The monoisotopic (exact) mass is 349 g/mol. The van der Waals surface area contributed by atoms with E-state index in [-0.39, 0.29) is 17.0 Å². The van der Waals surface area contributed by atoms with Gasteiger partial charge in [0.15, 0.2) is 22.9 Å². The minimum absolute atomic E-state index is 0.0528. The molecule has 8 nitrogen and oxygen atoms in total. The van der Waals surface area contributed by atoms with Gasteiger partial charge in [0.2, 0.25) is 0 Å². The number of aromatic nitrogens is 4. The topological polar surface area (TPSA) is 120 Å². The smallest absolute Gasteiger partial charge is 0.328 e. The average Bonchev–Trinajstić information content (AvgIpc) is 3.19. The molecule has 3 heterocycles. The van der Waals surface area contributed by atoms with Crippen molar-refractivity contribution < 1.29 is 9.21 Å². The Balaban J connectivity index is 1.95. The van der Waals surface area contributed by atoms with E-state index >= 15 is 0 Å². The van der Waals surface area contributed by atoms with Crippen molar-refractivity contribution in [3.05, 3.63) is 70.0 Å². The van der Waals surface area contributed by atoms with Crippen molar-refractivity contribution in [2.24, 2.45) is 5.73 Å². The lowest BCUT2D eigenvalue weighted by atomic mass is 10.2. The highest BCUT2D eigenvalue weighted by molar-refractivity contribution is 6.01. The average molecular weight is 349 g/mol. The summed E-state index contributed by atoms with van der Waals surface area (Å²) < 4.78 is 6.99. The maximum atomic E-state index is 12.4. The normalized spacial score (nSPS) is 11.1. The lowest BCUT2D eigenvalue weighted by Crippen LogP contribution is -2.17. The maximum absolute atomic E-state index is 12.4. The first-order chi connectivity index (χ1) is 12.5. The lowest BCUT2D eigenvalue weighted by Gasteiger charge is -2.05. The number of imidazole rings is 1. The summed E-state index contributed by atoms with van der Waals surface area (Å²) in [6, 6.07) is 12.9. The van der Waals surface area contributed by atoms with Gasteiger partial charge in [-0.2, -0.15) is 0 Å². The van der Waals surface area contributed by atoms with E-state index in [0.29, 0.717) is 23.7 Å². The number of carbonyl (C=O) groups is 1. The van der Waals surface area contributed by atoms with Gasteiger partial charge in [-0.1, -0.05) is 30.3 Å². The third-order valence-corrected chi connectivity index (χ3v) is 4.00. The molecule has 130 valence electrons. The van der Waals surface area contributed by atoms with Gasteiger partial charge < -0.3 is 15.1 Å². The van der Waals surface area contributed by atoms with Gasteiger partial charge in [-0.25, -0.2) is 14.8 Å². The Morgan fingerprint density at radius 1 is 1.19 bits per heavy atom. The van der Waals surface area contributed by atoms with Crippen LogP contribution < -0.4 is 11.4 Å². The molecule has 3 N–H and O–H groups in total. The molecule has 0 aliphatic rings. The molecule has 0 spiro atoms. The van der Waals surface area contributed by atoms with Gasteiger partial charge in [0.25, 0.3) is 5.91 Å². The number of amides is 1. The third kappa shape index (κ3) is 2.67. The number of benzene rings is 1. The molecule has 0 saturated carbocycles. The molecule has 1 amide bonds. The second kappa shape index (κ2) is 5.99. The van der Waals surface area contributed by atoms with Gasteiger partial charge in [0, 0.05) is 0 Å². The zero-order valence-electron chi connectivity index (χ0n) is 13.9. The van der Waals surface area contributed by atoms with Gasteiger partial charge in [-0.05, 0) is 24.6 Å². The van der Waals surface area contributed by atoms with E-state index in [4.69, 9.17) is 10.2 Å². The molecular weight excluding hydrogens is 334 g/mol. The SMILES string of the molecule is Cc1ccc(-c2nc(C(N)=O)c3[nH]c(=O)n(Cc4ccccc4)c3n2)o1. The standard InChI is InChI=1S/C18H15N5O3/c1-10-7-8-12(26-10)16-20-13(15(19)24)14-17(22-16)23(18(25)21-14)9-11-5-3-2-4-6-11/h2-8H,9H2,1H3,(H2,19,24)(H,21,25). The number of hydrogen-bond donors (Lipinski definition) is 2. The fraction of sp³-hybridized carbons (Fsp3) is 0.111. The number of nitrogens with two attached hydrogens (primary N) is 1. The quantitative estimate of drug-likeness (QED) is 0.582. The fourth-order valence-corrected chi connectivity index (χ4v) is 2.79. The van der Waals surface area contributed by atoms with Gasteiger partial charge in [0.1, 0.15) is 11.3 Å². The summed E-state index contributed by atoms with van der Waals surface area (Å²) >= 11 is 0. The Morgan fingerprint density at radius 3 is 2.62 bits per heavy atom. The predicted molar refractivity (Wildman–Crippen MR) is 94.6 cm³/mol. The second-order valence-electron chi connectivity index (χ2n) is 5.87. The zero-order valence-corrected chi connectivity index (χ0v) is 13.9. The van der Waals surface area contributed by atoms with Crippen LogP contribution in [0.25, 0.3) is 22.7 Å². The summed E-state index contributed by atoms with van der Waals surface area (Å²) in [7, 11) is 0. The molecule has 8 heteroatoms. The Bertz CT molecular complexity index is 1170. The van der Waals surface area contributed by atoms with Crippen LogP contribution in [0.4, 0.5) is 0 Å². The van der Waals surface area contributed by atoms with Crippen LogP contribution in [-0.2, 0) is 6.54 Å². The van der Waals surface area contributed by atoms with E-state index in [1.165, 1.54) is 4.57 Å². The zero-order chi connectivity index (χ0) is 18.3. The highest BCUT2D eigenvalue weighted by atomic mass is 16.3. The lowest BCUT2D eigenvalue weighted by molar-refractivity contribution is 0.0997. The molecule has 0 aliphatic carbocycles. The summed E-state index contributed by atoms with van der Waals surface area (Å²) in [6.07, 6.45) is 0. The molecule has 0 atom stereocenters. The first kappa shape index (κ1) is 15.8. The van der Waals surface area contributed by atoms with Crippen LogP contribution in [0.5, 0.6) is 0 Å². The van der Waals surface area contributed by atoms with Gasteiger partial charge in [-0.3, -0.25) is 9.36 Å². The van der Waals surface area contributed by atoms with E-state index in [1.54, 1.807) is 19.1 Å². The highest BCUT2D eigenvalue weighted by Crippen LogP contribution is 2.22. The minimum Gasteiger partial charge on any atom is -0.458 e. The molecule has 0 bridgehead atoms. The number of nitrogens with one attached hydrogen (secondary N) is 1. The summed E-state index contributed by atoms with van der Waals surface area (Å²) in [4.78, 5) is 35.5. The van der Waals surface area contributed by atoms with E-state index in [9.17, 15) is 9.59 Å². The molecule has 1 aromatic carbocycles. The number of H-pyrrole nitrogens is 1. The van der Waals surface area contributed by atoms with E-state index in [2.05, 4.69) is 15.0 Å². The van der Waals surface area contributed by atoms with Crippen molar-refractivity contribution in [1.29, 1.82) is 0 Å². The fourth-order valence-electron chi connectivity index (χ4n) is 2.79. The molecule has 0 saturated heterocycles. The van der Waals surface area contributed by atoms with Crippen LogP contribution >= 0.6 is 0 Å². The molecule has 3 aromatic heterocycles. The number of fused-ring (bicyclic) bond motifs is 1. The van der Waals surface area contributed by atoms with Gasteiger partial charge in [0.05, 0.1) is 6.54 Å². The molecule has 26 heavy (non-hydrogen) atoms. The molecule has 0 fully saturated rings. The molecule has 0 unspecified atom stereocenters. The van der Waals surface area contributed by atoms with Crippen LogP contribution in [0.1, 0.15) is 21.8 Å². The van der Waals surface area contributed by atoms with Crippen molar-refractivity contribution in [2.75, 3.05) is 0 Å². The minimum atomic E-state index is -0.755. The summed E-state index contributed by atoms with van der Waals surface area (Å²) in [5, 5.41) is 0. The summed E-state index contributed by atoms with van der Waals surface area (Å²) in [5.74, 6) is 0.516. The van der Waals surface area contributed by atoms with Crippen LogP contribution in [0, 0.1) is 6.92 Å². The van der Waals surface area contributed by atoms with E-state index in [0.717, 1.165) is 5.56 Å². The third-order valence-electron chi connectivity index (χ3n) is 4.00. The van der Waals surface area contributed by atoms with Crippen molar-refractivity contribution >= 4 is 17.1 Å². The van der Waals surface area contributed by atoms with Crippen LogP contribution in [-0.4, -0.2) is 25.4 Å². The molecule has 0 aliphatic heterocycles. The first-order valence-electron chi connectivity index (χ1n) is 7.94. The molecule has 4 rings (SSSR count). The number of furan rings is 1. The Morgan fingerprint density at radius 2 is 1.96 bits per heavy atom. The van der Waals surface area contributed by atoms with E-state index < -0.39 is 11.6 Å². The Labute approximate surface area is 147 Å². The number of carbonyl (C=O) groups excluding carboxylic acids is 1. The molecule has 0 radical (unpaired) electrons. The number of primary amides is 1. The molecule has 4 aromatic rings. The van der Waals surface area contributed by atoms with Crippen LogP contribution in [0.3, 0.4) is 0 Å². The van der Waals surface area contributed by atoms with Crippen molar-refractivity contribution in [3.63, 3.8) is 0 Å². The van der Waals surface area contributed by atoms with Gasteiger partial charge >= 0.3 is 5.69 Å². The van der Waals surface area contributed by atoms with Crippen molar-refractivity contribution in [2.45, 2.75) is 13.5 Å². The van der Waals surface area contributed by atoms with Gasteiger partial charge in [-0.15, -0.1) is 0 Å². The van der Waals surface area contributed by atoms with E-state index in [1.807, 2.05) is 30.3 Å². The highest BCUT2D eigenvalue weighted by Gasteiger charge is 2.20. The van der Waals surface area contributed by atoms with Crippen molar-refractivity contribution in [1.82, 2.24) is 19.5 Å². The van der Waals surface area contributed by atoms with Crippen LogP contribution in [0.15, 0.2) is 51.7 Å².